The van der Waals surface area contributed by atoms with Gasteiger partial charge in [-0.15, -0.1) is 0 Å². The molecular formula is C22H20F3N7O2. The fraction of sp³-hybridized carbons (Fsp3) is 0.273. The summed E-state index contributed by atoms with van der Waals surface area (Å²) >= 11 is 0. The van der Waals surface area contributed by atoms with Crippen LogP contribution in [0.4, 0.5) is 18.9 Å². The highest BCUT2D eigenvalue weighted by Gasteiger charge is 2.33. The first-order valence-electron chi connectivity index (χ1n) is 10.2. The van der Waals surface area contributed by atoms with Gasteiger partial charge in [0.05, 0.1) is 17.4 Å². The number of fused-ring (bicyclic) bond motifs is 1. The summed E-state index contributed by atoms with van der Waals surface area (Å²) < 4.78 is 40.8. The van der Waals surface area contributed by atoms with Gasteiger partial charge in [0.15, 0.2) is 11.5 Å². The van der Waals surface area contributed by atoms with E-state index in [4.69, 9.17) is 0 Å². The monoisotopic (exact) mass is 471 g/mol. The summed E-state index contributed by atoms with van der Waals surface area (Å²) in [5.41, 5.74) is 0.00106. The molecule has 4 aromatic rings. The van der Waals surface area contributed by atoms with Gasteiger partial charge in [-0.05, 0) is 32.9 Å². The molecule has 4 heterocycles. The summed E-state index contributed by atoms with van der Waals surface area (Å²) in [6.45, 7) is 5.51. The number of pyridine rings is 1. The Morgan fingerprint density at radius 3 is 2.53 bits per heavy atom. The summed E-state index contributed by atoms with van der Waals surface area (Å²) in [4.78, 5) is 37.9. The van der Waals surface area contributed by atoms with E-state index in [-0.39, 0.29) is 22.6 Å². The fourth-order valence-corrected chi connectivity index (χ4v) is 3.39. The highest BCUT2D eigenvalue weighted by Crippen LogP contribution is 2.28. The smallest absolute Gasteiger partial charge is 0.326 e. The predicted octanol–water partition coefficient (Wildman–Crippen LogP) is 3.67. The number of hydrogen-bond donors (Lipinski definition) is 1. The molecule has 0 spiro atoms. The minimum absolute atomic E-state index is 0.216. The maximum atomic E-state index is 13.3. The standard InChI is InChI=1S/C22H20F3N7O2/c1-21(2,3)32-10-16(15-9-27-12-28-20(15)32)19(34)13-6-14(8-26-7-13)29-18(33)11-31-5-4-17(30-31)22(23,24)25/h4-10,12H,11H2,1-3H3,(H,29,33). The number of anilines is 1. The van der Waals surface area contributed by atoms with Gasteiger partial charge in [0.1, 0.15) is 18.5 Å². The van der Waals surface area contributed by atoms with Gasteiger partial charge in [0.25, 0.3) is 0 Å². The molecule has 0 bridgehead atoms. The molecular weight excluding hydrogens is 451 g/mol. The van der Waals surface area contributed by atoms with Crippen LogP contribution < -0.4 is 5.32 Å². The molecule has 0 atom stereocenters. The zero-order chi connectivity index (χ0) is 24.7. The number of carbonyl (C=O) groups is 2. The van der Waals surface area contributed by atoms with E-state index in [1.165, 1.54) is 24.8 Å². The molecule has 0 aromatic carbocycles. The molecule has 0 saturated heterocycles. The van der Waals surface area contributed by atoms with Crippen molar-refractivity contribution in [3.63, 3.8) is 0 Å². The number of nitrogens with zero attached hydrogens (tertiary/aromatic N) is 6. The molecule has 4 aromatic heterocycles. The van der Waals surface area contributed by atoms with E-state index in [0.717, 1.165) is 16.9 Å². The van der Waals surface area contributed by atoms with E-state index in [9.17, 15) is 22.8 Å². The highest BCUT2D eigenvalue weighted by atomic mass is 19.4. The molecule has 0 unspecified atom stereocenters. The van der Waals surface area contributed by atoms with Crippen LogP contribution in [0.25, 0.3) is 11.0 Å². The van der Waals surface area contributed by atoms with Crippen molar-refractivity contribution in [1.82, 2.24) is 29.3 Å². The number of nitrogens with one attached hydrogen (secondary N) is 1. The van der Waals surface area contributed by atoms with Crippen molar-refractivity contribution >= 4 is 28.4 Å². The lowest BCUT2D eigenvalue weighted by Gasteiger charge is -2.21. The van der Waals surface area contributed by atoms with Crippen LogP contribution in [-0.2, 0) is 23.1 Å². The number of hydrogen-bond acceptors (Lipinski definition) is 6. The Kier molecular flexibility index (Phi) is 5.67. The Morgan fingerprint density at radius 1 is 1.09 bits per heavy atom. The van der Waals surface area contributed by atoms with Gasteiger partial charge < -0.3 is 9.88 Å². The third-order valence-corrected chi connectivity index (χ3v) is 4.96. The van der Waals surface area contributed by atoms with Gasteiger partial charge in [-0.3, -0.25) is 19.3 Å². The first-order chi connectivity index (χ1) is 15.9. The summed E-state index contributed by atoms with van der Waals surface area (Å²) in [5.74, 6) is -0.964. The topological polar surface area (TPSA) is 108 Å². The molecule has 0 aliphatic rings. The molecule has 9 nitrogen and oxygen atoms in total. The Balaban J connectivity index is 1.56. The quantitative estimate of drug-likeness (QED) is 0.445. The third-order valence-electron chi connectivity index (χ3n) is 4.96. The lowest BCUT2D eigenvalue weighted by Crippen LogP contribution is -2.21. The third kappa shape index (κ3) is 4.65. The molecule has 12 heteroatoms. The number of amides is 1. The fourth-order valence-electron chi connectivity index (χ4n) is 3.39. The number of halogens is 3. The molecule has 0 saturated carbocycles. The van der Waals surface area contributed by atoms with Crippen LogP contribution in [0.15, 0.2) is 49.4 Å². The van der Waals surface area contributed by atoms with E-state index >= 15 is 0 Å². The molecule has 1 amide bonds. The van der Waals surface area contributed by atoms with Crippen LogP contribution >= 0.6 is 0 Å². The van der Waals surface area contributed by atoms with Crippen LogP contribution in [0.3, 0.4) is 0 Å². The number of alkyl halides is 3. The first kappa shape index (κ1) is 23.1. The Labute approximate surface area is 191 Å². The minimum atomic E-state index is -4.60. The molecule has 0 aliphatic carbocycles. The maximum absolute atomic E-state index is 13.3. The molecule has 0 radical (unpaired) electrons. The van der Waals surface area contributed by atoms with Crippen molar-refractivity contribution in [1.29, 1.82) is 0 Å². The number of aromatic nitrogens is 6. The van der Waals surface area contributed by atoms with Crippen LogP contribution in [0.5, 0.6) is 0 Å². The average molecular weight is 471 g/mol. The lowest BCUT2D eigenvalue weighted by atomic mass is 10.1. The van der Waals surface area contributed by atoms with Crippen molar-refractivity contribution in [2.45, 2.75) is 39.0 Å². The largest absolute Gasteiger partial charge is 0.435 e. The summed E-state index contributed by atoms with van der Waals surface area (Å²) in [7, 11) is 0. The van der Waals surface area contributed by atoms with E-state index < -0.39 is 24.3 Å². The Hall–Kier alpha value is -4.09. The second-order valence-corrected chi connectivity index (χ2v) is 8.58. The molecule has 0 fully saturated rings. The van der Waals surface area contributed by atoms with E-state index in [1.54, 1.807) is 12.4 Å². The molecule has 1 N–H and O–H groups in total. The van der Waals surface area contributed by atoms with Gasteiger partial charge >= 0.3 is 6.18 Å². The van der Waals surface area contributed by atoms with Crippen LogP contribution in [0.2, 0.25) is 0 Å². The predicted molar refractivity (Wildman–Crippen MR) is 116 cm³/mol. The number of ketones is 1. The summed E-state index contributed by atoms with van der Waals surface area (Å²) in [5, 5.41) is 6.45. The van der Waals surface area contributed by atoms with Gasteiger partial charge in [-0.2, -0.15) is 18.3 Å². The van der Waals surface area contributed by atoms with E-state index in [2.05, 4.69) is 25.4 Å². The van der Waals surface area contributed by atoms with Gasteiger partial charge in [-0.1, -0.05) is 0 Å². The Morgan fingerprint density at radius 2 is 1.85 bits per heavy atom. The van der Waals surface area contributed by atoms with Crippen LogP contribution in [-0.4, -0.2) is 41.0 Å². The molecule has 0 aliphatic heterocycles. The summed E-state index contributed by atoms with van der Waals surface area (Å²) in [6.07, 6.45) is 3.85. The van der Waals surface area contributed by atoms with Crippen molar-refractivity contribution in [2.75, 3.05) is 5.32 Å². The first-order valence-corrected chi connectivity index (χ1v) is 10.2. The van der Waals surface area contributed by atoms with Gasteiger partial charge in [-0.25, -0.2) is 9.97 Å². The zero-order valence-corrected chi connectivity index (χ0v) is 18.5. The van der Waals surface area contributed by atoms with Crippen molar-refractivity contribution in [2.24, 2.45) is 0 Å². The normalized spacial score (nSPS) is 12.2. The number of carbonyl (C=O) groups excluding carboxylic acids is 2. The Bertz CT molecular complexity index is 1380. The van der Waals surface area contributed by atoms with Crippen molar-refractivity contribution < 1.29 is 22.8 Å². The second kappa shape index (κ2) is 8.36. The van der Waals surface area contributed by atoms with Crippen LogP contribution in [0, 0.1) is 0 Å². The zero-order valence-electron chi connectivity index (χ0n) is 18.5. The SMILES string of the molecule is CC(C)(C)n1cc(C(=O)c2cncc(NC(=O)Cn3ccc(C(F)(F)F)n3)c2)c2cncnc21. The van der Waals surface area contributed by atoms with Gasteiger partial charge in [0, 0.05) is 41.3 Å². The van der Waals surface area contributed by atoms with Gasteiger partial charge in [0.2, 0.25) is 5.91 Å². The van der Waals surface area contributed by atoms with Crippen molar-refractivity contribution in [3.05, 3.63) is 66.3 Å². The maximum Gasteiger partial charge on any atom is 0.435 e. The van der Waals surface area contributed by atoms with Crippen LogP contribution in [0.1, 0.15) is 42.4 Å². The molecule has 4 rings (SSSR count). The van der Waals surface area contributed by atoms with E-state index in [1.807, 2.05) is 25.3 Å². The second-order valence-electron chi connectivity index (χ2n) is 8.58. The lowest BCUT2D eigenvalue weighted by molar-refractivity contribution is -0.141. The van der Waals surface area contributed by atoms with Crippen molar-refractivity contribution in [3.8, 4) is 0 Å². The number of rotatable bonds is 5. The minimum Gasteiger partial charge on any atom is -0.326 e. The molecule has 176 valence electrons. The van der Waals surface area contributed by atoms with E-state index in [0.29, 0.717) is 16.6 Å². The average Bonchev–Trinajstić information content (AvgIpc) is 3.38. The highest BCUT2D eigenvalue weighted by molar-refractivity contribution is 6.16. The summed E-state index contributed by atoms with van der Waals surface area (Å²) in [6, 6.07) is 2.23. The molecule has 34 heavy (non-hydrogen) atoms.